The second-order valence-corrected chi connectivity index (χ2v) is 11.9. The molecule has 12 heteroatoms. The lowest BCUT2D eigenvalue weighted by Crippen LogP contribution is -2.58. The first-order valence-electron chi connectivity index (χ1n) is 14.7. The average Bonchev–Trinajstić information content (AvgIpc) is 3.47. The van der Waals surface area contributed by atoms with Crippen molar-refractivity contribution in [2.24, 2.45) is 7.05 Å². The fourth-order valence-corrected chi connectivity index (χ4v) is 6.02. The van der Waals surface area contributed by atoms with Crippen LogP contribution in [0.5, 0.6) is 5.75 Å². The summed E-state index contributed by atoms with van der Waals surface area (Å²) in [7, 11) is 3.28. The van der Waals surface area contributed by atoms with Crippen molar-refractivity contribution in [3.05, 3.63) is 99.2 Å². The summed E-state index contributed by atoms with van der Waals surface area (Å²) in [5.41, 5.74) is 1.51. The molecule has 2 aromatic carbocycles. The van der Waals surface area contributed by atoms with Crippen LogP contribution in [0.1, 0.15) is 59.6 Å². The third kappa shape index (κ3) is 6.65. The number of methoxy groups -OCH3 is 1. The second-order valence-electron chi connectivity index (χ2n) is 11.9. The van der Waals surface area contributed by atoms with Crippen LogP contribution in [0.4, 0.5) is 13.2 Å². The van der Waals surface area contributed by atoms with Crippen molar-refractivity contribution in [2.75, 3.05) is 20.2 Å². The fraction of sp³-hybridized carbons (Fsp3) is 0.394. The van der Waals surface area contributed by atoms with Gasteiger partial charge in [0.05, 0.1) is 30.6 Å². The SMILES string of the molecule is COc1ccc(C)cc1[C@@H](C)n1cc(CN2[C@H](C)CN(C(=O)c3cn(C)cc(-c4cccc(C(F)(F)F)c4)c3=O)C[C@@H]2C)nn1. The molecule has 9 nitrogen and oxygen atoms in total. The highest BCUT2D eigenvalue weighted by atomic mass is 19.4. The molecule has 1 amide bonds. The Morgan fingerprint density at radius 1 is 1.07 bits per heavy atom. The van der Waals surface area contributed by atoms with Gasteiger partial charge in [0.15, 0.2) is 0 Å². The van der Waals surface area contributed by atoms with E-state index < -0.39 is 23.1 Å². The molecule has 0 saturated carbocycles. The summed E-state index contributed by atoms with van der Waals surface area (Å²) < 4.78 is 48.9. The number of halogens is 3. The van der Waals surface area contributed by atoms with Crippen LogP contribution in [0, 0.1) is 6.92 Å². The van der Waals surface area contributed by atoms with Gasteiger partial charge in [-0.25, -0.2) is 4.68 Å². The molecule has 1 fully saturated rings. The number of amides is 1. The summed E-state index contributed by atoms with van der Waals surface area (Å²) >= 11 is 0. The molecule has 0 unspecified atom stereocenters. The minimum Gasteiger partial charge on any atom is -0.496 e. The number of hydrogen-bond acceptors (Lipinski definition) is 6. The normalized spacial score (nSPS) is 18.2. The number of carbonyl (C=O) groups excluding carboxylic acids is 1. The van der Waals surface area contributed by atoms with Gasteiger partial charge in [-0.1, -0.05) is 35.0 Å². The highest BCUT2D eigenvalue weighted by Gasteiger charge is 2.34. The van der Waals surface area contributed by atoms with Gasteiger partial charge in [-0.2, -0.15) is 13.2 Å². The van der Waals surface area contributed by atoms with Gasteiger partial charge >= 0.3 is 6.18 Å². The smallest absolute Gasteiger partial charge is 0.416 e. The predicted molar refractivity (Wildman–Crippen MR) is 164 cm³/mol. The summed E-state index contributed by atoms with van der Waals surface area (Å²) in [4.78, 5) is 31.1. The van der Waals surface area contributed by atoms with Crippen LogP contribution in [0.25, 0.3) is 11.1 Å². The number of rotatable bonds is 7. The largest absolute Gasteiger partial charge is 0.496 e. The lowest BCUT2D eigenvalue weighted by molar-refractivity contribution is -0.137. The Hall–Kier alpha value is -4.45. The van der Waals surface area contributed by atoms with Crippen LogP contribution in [0.2, 0.25) is 0 Å². The summed E-state index contributed by atoms with van der Waals surface area (Å²) in [6.45, 7) is 9.35. The highest BCUT2D eigenvalue weighted by molar-refractivity contribution is 5.95. The molecule has 3 atom stereocenters. The molecule has 2 aromatic heterocycles. The van der Waals surface area contributed by atoms with E-state index >= 15 is 0 Å². The molecule has 0 bridgehead atoms. The average molecular weight is 623 g/mol. The van der Waals surface area contributed by atoms with Crippen LogP contribution in [-0.4, -0.2) is 67.6 Å². The number of piperazine rings is 1. The van der Waals surface area contributed by atoms with Gasteiger partial charge < -0.3 is 14.2 Å². The topological polar surface area (TPSA) is 85.5 Å². The van der Waals surface area contributed by atoms with Crippen molar-refractivity contribution in [1.29, 1.82) is 0 Å². The third-order valence-corrected chi connectivity index (χ3v) is 8.41. The molecule has 5 rings (SSSR count). The molecule has 4 aromatic rings. The maximum absolute atomic E-state index is 13.7. The Morgan fingerprint density at radius 3 is 2.44 bits per heavy atom. The van der Waals surface area contributed by atoms with E-state index in [1.165, 1.54) is 29.1 Å². The van der Waals surface area contributed by atoms with Gasteiger partial charge in [0.1, 0.15) is 11.3 Å². The molecule has 0 spiro atoms. The standard InChI is InChI=1S/C33H37F3N6O3/c1-20-10-11-30(45-6)27(12-20)23(4)42-17-26(37-38-42)16-41-21(2)14-40(15-22(41)3)32(44)29-19-39(5)18-28(31(29)43)24-8-7-9-25(13-24)33(34,35)36/h7-13,17-19,21-23H,14-16H2,1-6H3/t21-,22+,23-/m1/s1. The minimum absolute atomic E-state index is 0.0368. The zero-order valence-corrected chi connectivity index (χ0v) is 26.2. The van der Waals surface area contributed by atoms with Crippen LogP contribution in [0.3, 0.4) is 0 Å². The maximum atomic E-state index is 13.7. The van der Waals surface area contributed by atoms with Gasteiger partial charge in [0.2, 0.25) is 5.43 Å². The van der Waals surface area contributed by atoms with E-state index in [1.807, 2.05) is 50.7 Å². The van der Waals surface area contributed by atoms with Crippen molar-refractivity contribution in [2.45, 2.75) is 58.5 Å². The van der Waals surface area contributed by atoms with Crippen molar-refractivity contribution in [3.63, 3.8) is 0 Å². The van der Waals surface area contributed by atoms with Gasteiger partial charge in [-0.15, -0.1) is 5.10 Å². The lowest BCUT2D eigenvalue weighted by Gasteiger charge is -2.44. The lowest BCUT2D eigenvalue weighted by atomic mass is 10.0. The van der Waals surface area contributed by atoms with E-state index in [-0.39, 0.29) is 34.8 Å². The van der Waals surface area contributed by atoms with E-state index in [1.54, 1.807) is 19.1 Å². The molecular formula is C33H37F3N6O3. The van der Waals surface area contributed by atoms with Crippen LogP contribution in [0.15, 0.2) is 65.8 Å². The highest BCUT2D eigenvalue weighted by Crippen LogP contribution is 2.32. The second kappa shape index (κ2) is 12.5. The zero-order chi connectivity index (χ0) is 32.6. The number of nitrogens with zero attached hydrogens (tertiary/aromatic N) is 6. The molecule has 238 valence electrons. The van der Waals surface area contributed by atoms with Gasteiger partial charge in [-0.3, -0.25) is 14.5 Å². The number of pyridine rings is 1. The number of hydrogen-bond donors (Lipinski definition) is 0. The van der Waals surface area contributed by atoms with Crippen molar-refractivity contribution < 1.29 is 22.7 Å². The first kappa shape index (κ1) is 32.0. The zero-order valence-electron chi connectivity index (χ0n) is 26.2. The number of carbonyl (C=O) groups is 1. The van der Waals surface area contributed by atoms with E-state index in [4.69, 9.17) is 4.74 Å². The van der Waals surface area contributed by atoms with Crippen molar-refractivity contribution in [1.82, 2.24) is 29.4 Å². The number of aryl methyl sites for hydroxylation is 2. The number of alkyl halides is 3. The van der Waals surface area contributed by atoms with Crippen LogP contribution in [-0.2, 0) is 19.8 Å². The molecule has 0 aliphatic carbocycles. The minimum atomic E-state index is -4.55. The number of aromatic nitrogens is 4. The molecule has 1 saturated heterocycles. The van der Waals surface area contributed by atoms with Gasteiger partial charge in [0.25, 0.3) is 5.91 Å². The van der Waals surface area contributed by atoms with E-state index in [0.717, 1.165) is 34.7 Å². The quantitative estimate of drug-likeness (QED) is 0.277. The molecule has 3 heterocycles. The Labute approximate surface area is 259 Å². The first-order chi connectivity index (χ1) is 21.3. The first-order valence-corrected chi connectivity index (χ1v) is 14.7. The summed E-state index contributed by atoms with van der Waals surface area (Å²) in [6.07, 6.45) is 0.251. The number of benzene rings is 2. The maximum Gasteiger partial charge on any atom is 0.416 e. The van der Waals surface area contributed by atoms with Crippen molar-refractivity contribution >= 4 is 5.91 Å². The van der Waals surface area contributed by atoms with E-state index in [9.17, 15) is 22.8 Å². The summed E-state index contributed by atoms with van der Waals surface area (Å²) in [6, 6.07) is 10.4. The summed E-state index contributed by atoms with van der Waals surface area (Å²) in [5, 5.41) is 8.81. The van der Waals surface area contributed by atoms with E-state index in [2.05, 4.69) is 21.3 Å². The predicted octanol–water partition coefficient (Wildman–Crippen LogP) is 5.32. The Balaban J connectivity index is 1.32. The third-order valence-electron chi connectivity index (χ3n) is 8.41. The molecular weight excluding hydrogens is 585 g/mol. The van der Waals surface area contributed by atoms with E-state index in [0.29, 0.717) is 19.6 Å². The van der Waals surface area contributed by atoms with Crippen LogP contribution >= 0.6 is 0 Å². The summed E-state index contributed by atoms with van der Waals surface area (Å²) in [5.74, 6) is 0.332. The molecule has 0 radical (unpaired) electrons. The molecule has 0 N–H and O–H groups in total. The fourth-order valence-electron chi connectivity index (χ4n) is 6.02. The Bertz CT molecular complexity index is 1750. The monoisotopic (exact) mass is 622 g/mol. The molecule has 1 aliphatic heterocycles. The number of ether oxygens (including phenoxy) is 1. The van der Waals surface area contributed by atoms with Crippen molar-refractivity contribution in [3.8, 4) is 16.9 Å². The van der Waals surface area contributed by atoms with Gasteiger partial charge in [-0.05, 0) is 51.5 Å². The molecule has 45 heavy (non-hydrogen) atoms. The molecule has 1 aliphatic rings. The van der Waals surface area contributed by atoms with Gasteiger partial charge in [0, 0.05) is 62.3 Å². The Kier molecular flexibility index (Phi) is 8.88. The van der Waals surface area contributed by atoms with Crippen LogP contribution < -0.4 is 10.2 Å². The Morgan fingerprint density at radius 2 is 1.78 bits per heavy atom.